The van der Waals surface area contributed by atoms with Gasteiger partial charge >= 0.3 is 6.18 Å². The Morgan fingerprint density at radius 3 is 2.41 bits per heavy atom. The molecule has 0 saturated carbocycles. The van der Waals surface area contributed by atoms with Crippen LogP contribution in [0.2, 0.25) is 0 Å². The Morgan fingerprint density at radius 1 is 1.17 bits per heavy atom. The van der Waals surface area contributed by atoms with E-state index in [1.807, 2.05) is 19.0 Å². The molecule has 152 valence electrons. The number of ether oxygens (including phenoxy) is 1. The van der Waals surface area contributed by atoms with Crippen molar-refractivity contribution in [3.63, 3.8) is 0 Å². The van der Waals surface area contributed by atoms with Crippen LogP contribution >= 0.6 is 0 Å². The third-order valence-corrected chi connectivity index (χ3v) is 5.34. The van der Waals surface area contributed by atoms with Gasteiger partial charge in [0.1, 0.15) is 11.2 Å². The maximum Gasteiger partial charge on any atom is 0.417 e. The molecule has 6 nitrogen and oxygen atoms in total. The zero-order valence-corrected chi connectivity index (χ0v) is 15.9. The summed E-state index contributed by atoms with van der Waals surface area (Å²) >= 11 is 0. The van der Waals surface area contributed by atoms with E-state index in [9.17, 15) is 23.4 Å². The lowest BCUT2D eigenvalue weighted by atomic mass is 9.84. The second-order valence-corrected chi connectivity index (χ2v) is 7.74. The average Bonchev–Trinajstić information content (AvgIpc) is 3.18. The fourth-order valence-corrected chi connectivity index (χ4v) is 4.31. The number of rotatable bonds is 3. The lowest BCUT2D eigenvalue weighted by molar-refractivity contribution is -0.137. The van der Waals surface area contributed by atoms with Crippen molar-refractivity contribution in [2.45, 2.75) is 24.3 Å². The highest BCUT2D eigenvalue weighted by molar-refractivity contribution is 5.65. The zero-order valence-electron chi connectivity index (χ0n) is 15.9. The molecule has 2 unspecified atom stereocenters. The molecule has 3 heterocycles. The normalized spacial score (nSPS) is 24.9. The molecular formula is C20H18F3N3O3. The third kappa shape index (κ3) is 2.56. The monoisotopic (exact) mass is 405 g/mol. The lowest BCUT2D eigenvalue weighted by Crippen LogP contribution is -2.35. The second-order valence-electron chi connectivity index (χ2n) is 7.74. The fraction of sp³-hybridized carbons (Fsp3) is 0.350. The van der Waals surface area contributed by atoms with Crippen molar-refractivity contribution in [2.24, 2.45) is 0 Å². The first-order chi connectivity index (χ1) is 13.4. The lowest BCUT2D eigenvalue weighted by Gasteiger charge is -2.28. The van der Waals surface area contributed by atoms with Gasteiger partial charge in [-0.1, -0.05) is 0 Å². The van der Waals surface area contributed by atoms with Crippen LogP contribution in [0, 0.1) is 11.3 Å². The number of aromatic nitrogens is 1. The Hall–Kier alpha value is -2.96. The SMILES string of the molecule is CN(C)CC12C=CC(C)(O1)c1c2c(O)n(-c2ccc(C#N)c(C(F)(F)F)c2)c1O. The smallest absolute Gasteiger partial charge is 0.417 e. The van der Waals surface area contributed by atoms with Crippen LogP contribution in [-0.2, 0) is 22.1 Å². The molecule has 2 aromatic rings. The van der Waals surface area contributed by atoms with Gasteiger partial charge in [0.05, 0.1) is 34.0 Å². The summed E-state index contributed by atoms with van der Waals surface area (Å²) in [7, 11) is 3.65. The molecule has 29 heavy (non-hydrogen) atoms. The van der Waals surface area contributed by atoms with Crippen LogP contribution < -0.4 is 0 Å². The quantitative estimate of drug-likeness (QED) is 0.766. The van der Waals surface area contributed by atoms with Gasteiger partial charge in [-0.25, -0.2) is 0 Å². The number of hydrogen-bond acceptors (Lipinski definition) is 5. The van der Waals surface area contributed by atoms with Gasteiger partial charge in [-0.05, 0) is 51.4 Å². The van der Waals surface area contributed by atoms with Gasteiger partial charge in [-0.2, -0.15) is 18.4 Å². The fourth-order valence-electron chi connectivity index (χ4n) is 4.31. The van der Waals surface area contributed by atoms with Crippen LogP contribution in [0.1, 0.15) is 29.2 Å². The summed E-state index contributed by atoms with van der Waals surface area (Å²) in [5, 5.41) is 30.8. The Kier molecular flexibility index (Phi) is 3.86. The van der Waals surface area contributed by atoms with Gasteiger partial charge in [-0.15, -0.1) is 0 Å². The van der Waals surface area contributed by atoms with Crippen molar-refractivity contribution in [3.8, 4) is 23.5 Å². The molecule has 2 aliphatic heterocycles. The van der Waals surface area contributed by atoms with E-state index in [4.69, 9.17) is 10.00 Å². The van der Waals surface area contributed by atoms with Crippen LogP contribution in [0.15, 0.2) is 30.4 Å². The van der Waals surface area contributed by atoms with E-state index in [0.29, 0.717) is 17.7 Å². The van der Waals surface area contributed by atoms with Gasteiger partial charge in [0.15, 0.2) is 0 Å². The number of nitriles is 1. The van der Waals surface area contributed by atoms with Crippen LogP contribution in [0.4, 0.5) is 13.2 Å². The van der Waals surface area contributed by atoms with Crippen molar-refractivity contribution < 1.29 is 28.1 Å². The Labute approximate surface area is 164 Å². The Morgan fingerprint density at radius 2 is 1.83 bits per heavy atom. The Balaban J connectivity index is 1.95. The molecule has 2 atom stereocenters. The molecule has 2 N–H and O–H groups in total. The number of likely N-dealkylation sites (N-methyl/N-ethyl adjacent to an activating group) is 1. The number of hydrogen-bond donors (Lipinski definition) is 2. The highest BCUT2D eigenvalue weighted by Gasteiger charge is 2.58. The van der Waals surface area contributed by atoms with E-state index in [0.717, 1.165) is 16.7 Å². The van der Waals surface area contributed by atoms with Gasteiger partial charge in [0, 0.05) is 6.54 Å². The molecule has 0 saturated heterocycles. The topological polar surface area (TPSA) is 81.7 Å². The Bertz CT molecular complexity index is 1100. The summed E-state index contributed by atoms with van der Waals surface area (Å²) in [6.07, 6.45) is -1.20. The van der Waals surface area contributed by atoms with E-state index in [1.54, 1.807) is 19.1 Å². The van der Waals surface area contributed by atoms with E-state index >= 15 is 0 Å². The molecule has 4 rings (SSSR count). The molecule has 9 heteroatoms. The molecule has 0 fully saturated rings. The third-order valence-electron chi connectivity index (χ3n) is 5.34. The summed E-state index contributed by atoms with van der Waals surface area (Å²) < 4.78 is 47.2. The minimum absolute atomic E-state index is 0.108. The van der Waals surface area contributed by atoms with Gasteiger partial charge in [-0.3, -0.25) is 4.57 Å². The first-order valence-corrected chi connectivity index (χ1v) is 8.78. The minimum Gasteiger partial charge on any atom is -0.494 e. The van der Waals surface area contributed by atoms with E-state index in [2.05, 4.69) is 0 Å². The number of fused-ring (bicyclic) bond motifs is 5. The molecule has 1 aromatic heterocycles. The zero-order chi connectivity index (χ0) is 21.4. The molecule has 0 aliphatic carbocycles. The highest BCUT2D eigenvalue weighted by Crippen LogP contribution is 2.61. The summed E-state index contributed by atoms with van der Waals surface area (Å²) in [5.41, 5.74) is -3.19. The molecule has 0 radical (unpaired) electrons. The molecule has 1 aromatic carbocycles. The average molecular weight is 405 g/mol. The van der Waals surface area contributed by atoms with Crippen molar-refractivity contribution >= 4 is 0 Å². The maximum atomic E-state index is 13.4. The van der Waals surface area contributed by atoms with E-state index < -0.39 is 40.3 Å². The molecule has 0 amide bonds. The van der Waals surface area contributed by atoms with Gasteiger partial charge in [0.25, 0.3) is 0 Å². The van der Waals surface area contributed by atoms with E-state index in [1.165, 1.54) is 12.1 Å². The standard InChI is InChI=1S/C20H18F3N3O3/c1-18-6-7-19(29-18,10-25(2)3)15-14(18)16(27)26(17(15)28)12-5-4-11(9-24)13(8-12)20(21,22)23/h4-8,27-28H,10H2,1-3H3. The van der Waals surface area contributed by atoms with Crippen LogP contribution in [-0.4, -0.2) is 40.3 Å². The minimum atomic E-state index is -4.76. The van der Waals surface area contributed by atoms with Crippen LogP contribution in [0.3, 0.4) is 0 Å². The summed E-state index contributed by atoms with van der Waals surface area (Å²) in [6, 6.07) is 4.52. The first kappa shape index (κ1) is 19.4. The summed E-state index contributed by atoms with van der Waals surface area (Å²) in [5.74, 6) is -0.798. The van der Waals surface area contributed by atoms with E-state index in [-0.39, 0.29) is 5.69 Å². The second kappa shape index (κ2) is 5.78. The van der Waals surface area contributed by atoms with Crippen molar-refractivity contribution in [1.29, 1.82) is 5.26 Å². The predicted molar refractivity (Wildman–Crippen MR) is 96.6 cm³/mol. The van der Waals surface area contributed by atoms with Gasteiger partial charge in [0.2, 0.25) is 11.8 Å². The molecule has 0 spiro atoms. The van der Waals surface area contributed by atoms with Crippen LogP contribution in [0.25, 0.3) is 5.69 Å². The number of benzene rings is 1. The summed E-state index contributed by atoms with van der Waals surface area (Å²) in [4.78, 5) is 1.85. The first-order valence-electron chi connectivity index (χ1n) is 8.78. The van der Waals surface area contributed by atoms with Gasteiger partial charge < -0.3 is 19.8 Å². The molecule has 2 bridgehead atoms. The maximum absolute atomic E-state index is 13.4. The predicted octanol–water partition coefficient (Wildman–Crippen LogP) is 3.35. The number of halogens is 3. The largest absolute Gasteiger partial charge is 0.494 e. The molecular weight excluding hydrogens is 387 g/mol. The summed E-state index contributed by atoms with van der Waals surface area (Å²) in [6.45, 7) is 2.08. The van der Waals surface area contributed by atoms with Crippen molar-refractivity contribution in [3.05, 3.63) is 52.6 Å². The number of aromatic hydroxyl groups is 2. The number of alkyl halides is 3. The van der Waals surface area contributed by atoms with Crippen molar-refractivity contribution in [1.82, 2.24) is 9.47 Å². The highest BCUT2D eigenvalue weighted by atomic mass is 19.4. The van der Waals surface area contributed by atoms with Crippen LogP contribution in [0.5, 0.6) is 11.8 Å². The number of nitrogens with zero attached hydrogens (tertiary/aromatic N) is 3. The van der Waals surface area contributed by atoms with Crippen molar-refractivity contribution in [2.75, 3.05) is 20.6 Å². The molecule has 2 aliphatic rings.